The first-order chi connectivity index (χ1) is 12.7. The van der Waals surface area contributed by atoms with E-state index in [9.17, 15) is 4.79 Å². The number of unbranched alkanes of at least 4 members (excludes halogenated alkanes) is 7. The zero-order valence-corrected chi connectivity index (χ0v) is 16.5. The van der Waals surface area contributed by atoms with E-state index in [0.717, 1.165) is 24.6 Å². The predicted molar refractivity (Wildman–Crippen MR) is 103 cm³/mol. The molecule has 8 heteroatoms. The fourth-order valence-electron chi connectivity index (χ4n) is 2.55. The maximum Gasteiger partial charge on any atom is 0.327 e. The van der Waals surface area contributed by atoms with Crippen LogP contribution in [0.1, 0.15) is 64.0 Å². The Balaban J connectivity index is 2.12. The van der Waals surface area contributed by atoms with Crippen LogP contribution < -0.4 is 10.6 Å². The molecule has 0 amide bonds. The molecule has 0 radical (unpaired) electrons. The van der Waals surface area contributed by atoms with Gasteiger partial charge in [-0.3, -0.25) is 9.79 Å². The van der Waals surface area contributed by atoms with Crippen LogP contribution in [0.5, 0.6) is 0 Å². The first kappa shape index (κ1) is 21.9. The van der Waals surface area contributed by atoms with Gasteiger partial charge >= 0.3 is 5.97 Å². The number of hydrogen-bond acceptors (Lipinski definition) is 5. The van der Waals surface area contributed by atoms with Crippen molar-refractivity contribution in [1.82, 2.24) is 25.6 Å². The maximum atomic E-state index is 11.2. The van der Waals surface area contributed by atoms with Gasteiger partial charge in [-0.1, -0.05) is 57.1 Å². The molecule has 0 unspecified atom stereocenters. The fourth-order valence-corrected chi connectivity index (χ4v) is 2.55. The lowest BCUT2D eigenvalue weighted by Gasteiger charge is -2.10. The second-order valence-corrected chi connectivity index (χ2v) is 6.31. The third-order valence-electron chi connectivity index (χ3n) is 4.09. The summed E-state index contributed by atoms with van der Waals surface area (Å²) in [6.07, 6.45) is 12.2. The molecule has 0 saturated carbocycles. The number of rotatable bonds is 13. The van der Waals surface area contributed by atoms with Gasteiger partial charge in [-0.2, -0.15) is 0 Å². The summed E-state index contributed by atoms with van der Waals surface area (Å²) in [5, 5.41) is 14.4. The molecule has 1 heterocycles. The van der Waals surface area contributed by atoms with Crippen LogP contribution in [0.25, 0.3) is 0 Å². The lowest BCUT2D eigenvalue weighted by molar-refractivity contribution is -0.141. The number of nitrogens with one attached hydrogen (secondary N) is 2. The molecule has 0 bridgehead atoms. The SMILES string of the molecule is CCCCCCCCCCNC(=NC)NCc1cn(CC(=O)OC)nn1. The number of ether oxygens (including phenoxy) is 1. The van der Waals surface area contributed by atoms with E-state index in [1.807, 2.05) is 0 Å². The van der Waals surface area contributed by atoms with E-state index >= 15 is 0 Å². The summed E-state index contributed by atoms with van der Waals surface area (Å²) in [5.74, 6) is 0.396. The highest BCUT2D eigenvalue weighted by Gasteiger charge is 2.06. The van der Waals surface area contributed by atoms with E-state index in [2.05, 4.69) is 37.6 Å². The predicted octanol–water partition coefficient (Wildman–Crippen LogP) is 2.26. The molecule has 0 atom stereocenters. The van der Waals surface area contributed by atoms with Gasteiger partial charge in [0.25, 0.3) is 0 Å². The molecule has 0 aliphatic carbocycles. The zero-order chi connectivity index (χ0) is 19.0. The molecule has 2 N–H and O–H groups in total. The molecule has 1 rings (SSSR count). The Kier molecular flexibility index (Phi) is 11.9. The van der Waals surface area contributed by atoms with E-state index in [4.69, 9.17) is 0 Å². The third-order valence-corrected chi connectivity index (χ3v) is 4.09. The van der Waals surface area contributed by atoms with Crippen LogP contribution in [-0.2, 0) is 22.6 Å². The average molecular weight is 367 g/mol. The molecule has 8 nitrogen and oxygen atoms in total. The second kappa shape index (κ2) is 14.1. The van der Waals surface area contributed by atoms with Crippen molar-refractivity contribution in [2.75, 3.05) is 20.7 Å². The molecule has 0 aliphatic rings. The molecular formula is C18H34N6O2. The summed E-state index contributed by atoms with van der Waals surface area (Å²) in [7, 11) is 3.10. The summed E-state index contributed by atoms with van der Waals surface area (Å²) in [4.78, 5) is 15.4. The standard InChI is InChI=1S/C18H34N6O2/c1-4-5-6-7-8-9-10-11-12-20-18(19-2)21-13-16-14-24(23-22-16)15-17(25)26-3/h14H,4-13,15H2,1-3H3,(H2,19,20,21). The van der Waals surface area contributed by atoms with E-state index in [1.165, 1.54) is 56.7 Å². The van der Waals surface area contributed by atoms with Crippen molar-refractivity contribution in [2.45, 2.75) is 71.4 Å². The molecule has 1 aromatic rings. The number of guanidine groups is 1. The number of aliphatic imine (C=N–C) groups is 1. The summed E-state index contributed by atoms with van der Waals surface area (Å²) in [5.41, 5.74) is 0.740. The van der Waals surface area contributed by atoms with Crippen LogP contribution in [0, 0.1) is 0 Å². The van der Waals surface area contributed by atoms with Crippen LogP contribution in [0.4, 0.5) is 0 Å². The minimum Gasteiger partial charge on any atom is -0.468 e. The summed E-state index contributed by atoms with van der Waals surface area (Å²) < 4.78 is 6.06. The van der Waals surface area contributed by atoms with Crippen molar-refractivity contribution in [3.63, 3.8) is 0 Å². The van der Waals surface area contributed by atoms with Crippen molar-refractivity contribution in [3.8, 4) is 0 Å². The lowest BCUT2D eigenvalue weighted by atomic mass is 10.1. The molecule has 148 valence electrons. The Morgan fingerprint density at radius 3 is 2.50 bits per heavy atom. The minimum absolute atomic E-state index is 0.0644. The Morgan fingerprint density at radius 1 is 1.15 bits per heavy atom. The van der Waals surface area contributed by atoms with Gasteiger partial charge in [-0.15, -0.1) is 5.10 Å². The van der Waals surface area contributed by atoms with Gasteiger partial charge in [0.1, 0.15) is 12.2 Å². The summed E-state index contributed by atoms with van der Waals surface area (Å²) in [6, 6.07) is 0. The number of esters is 1. The highest BCUT2D eigenvalue weighted by Crippen LogP contribution is 2.07. The zero-order valence-electron chi connectivity index (χ0n) is 16.5. The summed E-state index contributed by atoms with van der Waals surface area (Å²) >= 11 is 0. The molecule has 0 aromatic carbocycles. The molecular weight excluding hydrogens is 332 g/mol. The quantitative estimate of drug-likeness (QED) is 0.241. The van der Waals surface area contributed by atoms with Crippen LogP contribution in [-0.4, -0.2) is 47.6 Å². The molecule has 26 heavy (non-hydrogen) atoms. The highest BCUT2D eigenvalue weighted by atomic mass is 16.5. The number of carbonyl (C=O) groups is 1. The van der Waals surface area contributed by atoms with Gasteiger partial charge in [0, 0.05) is 13.6 Å². The molecule has 0 saturated heterocycles. The van der Waals surface area contributed by atoms with Gasteiger partial charge < -0.3 is 15.4 Å². The number of methoxy groups -OCH3 is 1. The van der Waals surface area contributed by atoms with Gasteiger partial charge in [-0.05, 0) is 6.42 Å². The monoisotopic (exact) mass is 366 g/mol. The summed E-state index contributed by atoms with van der Waals surface area (Å²) in [6.45, 7) is 3.72. The smallest absolute Gasteiger partial charge is 0.327 e. The lowest BCUT2D eigenvalue weighted by Crippen LogP contribution is -2.37. The second-order valence-electron chi connectivity index (χ2n) is 6.31. The van der Waals surface area contributed by atoms with Crippen molar-refractivity contribution in [1.29, 1.82) is 0 Å². The van der Waals surface area contributed by atoms with Crippen molar-refractivity contribution >= 4 is 11.9 Å². The van der Waals surface area contributed by atoms with Crippen molar-refractivity contribution < 1.29 is 9.53 Å². The van der Waals surface area contributed by atoms with Gasteiger partial charge in [0.2, 0.25) is 0 Å². The molecule has 0 spiro atoms. The van der Waals surface area contributed by atoms with Crippen LogP contribution >= 0.6 is 0 Å². The average Bonchev–Trinajstić information content (AvgIpc) is 3.09. The molecule has 1 aromatic heterocycles. The van der Waals surface area contributed by atoms with Crippen molar-refractivity contribution in [2.24, 2.45) is 4.99 Å². The minimum atomic E-state index is -0.350. The third kappa shape index (κ3) is 10.0. The van der Waals surface area contributed by atoms with E-state index in [-0.39, 0.29) is 12.5 Å². The molecule has 0 fully saturated rings. The first-order valence-electron chi connectivity index (χ1n) is 9.60. The Bertz CT molecular complexity index is 530. The topological polar surface area (TPSA) is 93.4 Å². The first-order valence-corrected chi connectivity index (χ1v) is 9.60. The van der Waals surface area contributed by atoms with E-state index in [1.54, 1.807) is 13.2 Å². The van der Waals surface area contributed by atoms with E-state index in [0.29, 0.717) is 6.54 Å². The number of nitrogens with zero attached hydrogens (tertiary/aromatic N) is 4. The Labute approximate surface area is 156 Å². The largest absolute Gasteiger partial charge is 0.468 e. The van der Waals surface area contributed by atoms with Gasteiger partial charge in [-0.25, -0.2) is 4.68 Å². The Hall–Kier alpha value is -2.12. The Morgan fingerprint density at radius 2 is 1.85 bits per heavy atom. The van der Waals surface area contributed by atoms with Crippen LogP contribution in [0.3, 0.4) is 0 Å². The van der Waals surface area contributed by atoms with Crippen LogP contribution in [0.2, 0.25) is 0 Å². The van der Waals surface area contributed by atoms with Crippen molar-refractivity contribution in [3.05, 3.63) is 11.9 Å². The number of carbonyl (C=O) groups excluding carboxylic acids is 1. The molecule has 0 aliphatic heterocycles. The van der Waals surface area contributed by atoms with Gasteiger partial charge in [0.15, 0.2) is 5.96 Å². The van der Waals surface area contributed by atoms with Crippen LogP contribution in [0.15, 0.2) is 11.2 Å². The van der Waals surface area contributed by atoms with E-state index < -0.39 is 0 Å². The normalized spacial score (nSPS) is 11.4. The van der Waals surface area contributed by atoms with Gasteiger partial charge in [0.05, 0.1) is 19.9 Å². The number of aromatic nitrogens is 3. The highest BCUT2D eigenvalue weighted by molar-refractivity contribution is 5.79. The maximum absolute atomic E-state index is 11.2. The fraction of sp³-hybridized carbons (Fsp3) is 0.778. The number of hydrogen-bond donors (Lipinski definition) is 2.